The van der Waals surface area contributed by atoms with Crippen LogP contribution in [0.1, 0.15) is 0 Å². The Balaban J connectivity index is -0.0000000389. The van der Waals surface area contributed by atoms with Gasteiger partial charge in [-0.1, -0.05) is 5.64 Å². The molecular formula is C4H19N5O2Zn. The number of hydrogen-bond acceptors (Lipinski definition) is 7. The first kappa shape index (κ1) is 22.8. The summed E-state index contributed by atoms with van der Waals surface area (Å²) in [5, 5.41) is 13.8. The summed E-state index contributed by atoms with van der Waals surface area (Å²) >= 11 is 0. The molecule has 0 rings (SSSR count). The fourth-order valence-corrected chi connectivity index (χ4v) is 0. The van der Waals surface area contributed by atoms with Crippen LogP contribution in [0.25, 0.3) is 0 Å². The van der Waals surface area contributed by atoms with Gasteiger partial charge in [-0.05, 0) is 0 Å². The molecule has 0 aromatic carbocycles. The first-order valence-corrected chi connectivity index (χ1v) is 3.08. The molecule has 74 valence electrons. The van der Waals surface area contributed by atoms with E-state index in [0.29, 0.717) is 26.2 Å². The number of nitrogens with two attached hydrogens (primary N) is 4. The molecule has 8 heteroatoms. The molecule has 0 aromatic rings. The van der Waals surface area contributed by atoms with Crippen molar-refractivity contribution in [2.75, 3.05) is 26.2 Å². The molecule has 0 aliphatic rings. The molecule has 12 heavy (non-hydrogen) atoms. The second-order valence-corrected chi connectivity index (χ2v) is 1.25. The summed E-state index contributed by atoms with van der Waals surface area (Å²) in [5.41, 5.74) is 20.4. The Morgan fingerprint density at radius 2 is 0.833 bits per heavy atom. The molecule has 11 N–H and O–H groups in total. The predicted molar refractivity (Wildman–Crippen MR) is 42.9 cm³/mol. The summed E-state index contributed by atoms with van der Waals surface area (Å²) in [7, 11) is 0. The van der Waals surface area contributed by atoms with Crippen molar-refractivity contribution in [3.63, 3.8) is 0 Å². The van der Waals surface area contributed by atoms with E-state index in [4.69, 9.17) is 33.3 Å². The van der Waals surface area contributed by atoms with Crippen LogP contribution >= 0.6 is 0 Å². The van der Waals surface area contributed by atoms with Crippen molar-refractivity contribution in [3.05, 3.63) is 0 Å². The van der Waals surface area contributed by atoms with Gasteiger partial charge >= 0.3 is 0 Å². The van der Waals surface area contributed by atoms with Gasteiger partial charge in [0, 0.05) is 45.7 Å². The van der Waals surface area contributed by atoms with Crippen molar-refractivity contribution < 1.29 is 29.9 Å². The molecule has 0 spiro atoms. The van der Waals surface area contributed by atoms with E-state index in [1.807, 2.05) is 0 Å². The summed E-state index contributed by atoms with van der Waals surface area (Å²) in [4.78, 5) is 0. The fraction of sp³-hybridized carbons (Fsp3) is 1.00. The number of hydrogen-bond donors (Lipinski definition) is 7. The molecule has 0 fully saturated rings. The summed E-state index contributed by atoms with van der Waals surface area (Å²) < 4.78 is 0. The molecule has 0 amide bonds. The maximum atomic E-state index is 6.88. The summed E-state index contributed by atoms with van der Waals surface area (Å²) in [6, 6.07) is 0. The van der Waals surface area contributed by atoms with Gasteiger partial charge in [-0.2, -0.15) is 0 Å². The molecule has 0 aromatic heterocycles. The quantitative estimate of drug-likeness (QED) is 0.200. The van der Waals surface area contributed by atoms with Crippen molar-refractivity contribution >= 4 is 0 Å². The third-order valence-corrected chi connectivity index (χ3v) is 0.333. The first-order chi connectivity index (χ1) is 5.24. The van der Waals surface area contributed by atoms with Crippen molar-refractivity contribution in [2.45, 2.75) is 0 Å². The summed E-state index contributed by atoms with van der Waals surface area (Å²) in [6.45, 7) is 2.39. The normalized spacial score (nSPS) is 6.50. The Morgan fingerprint density at radius 1 is 0.750 bits per heavy atom. The van der Waals surface area contributed by atoms with Gasteiger partial charge in [-0.25, -0.2) is 0 Å². The van der Waals surface area contributed by atoms with Crippen molar-refractivity contribution in [2.24, 2.45) is 22.9 Å². The zero-order chi connectivity index (χ0) is 9.54. The van der Waals surface area contributed by atoms with Gasteiger partial charge in [-0.3, -0.25) is 10.4 Å². The van der Waals surface area contributed by atoms with Gasteiger partial charge in [0.25, 0.3) is 0 Å². The average Bonchev–Trinajstić information content (AvgIpc) is 2.06. The first-order valence-electron chi connectivity index (χ1n) is 3.08. The molecule has 7 nitrogen and oxygen atoms in total. The Labute approximate surface area is 85.1 Å². The molecule has 0 radical (unpaired) electrons. The van der Waals surface area contributed by atoms with Crippen LogP contribution in [0.5, 0.6) is 0 Å². The Hall–Kier alpha value is 0.343. The third kappa shape index (κ3) is 164. The van der Waals surface area contributed by atoms with E-state index in [1.165, 1.54) is 0 Å². The van der Waals surface area contributed by atoms with Crippen LogP contribution in [0.2, 0.25) is 0 Å². The Kier molecular flexibility index (Phi) is 80.8. The van der Waals surface area contributed by atoms with Crippen LogP contribution in [-0.4, -0.2) is 36.6 Å². The van der Waals surface area contributed by atoms with E-state index in [-0.39, 0.29) is 19.5 Å². The number of rotatable bonds is 2. The molecule has 0 saturated carbocycles. The molecular weight excluding hydrogens is 215 g/mol. The van der Waals surface area contributed by atoms with Crippen LogP contribution in [0.15, 0.2) is 0 Å². The summed E-state index contributed by atoms with van der Waals surface area (Å²) in [6.07, 6.45) is 0. The second kappa shape index (κ2) is 42.5. The molecule has 0 aliphatic carbocycles. The second-order valence-electron chi connectivity index (χ2n) is 1.25. The van der Waals surface area contributed by atoms with Crippen LogP contribution in [0, 0.1) is 0 Å². The summed E-state index contributed by atoms with van der Waals surface area (Å²) in [5.74, 6) is 0. The molecule has 0 heterocycles. The van der Waals surface area contributed by atoms with E-state index in [9.17, 15) is 0 Å². The SMILES string of the molecule is NCCN.NCCN.ONO.[Zn]. The molecule has 0 bridgehead atoms. The predicted octanol–water partition coefficient (Wildman–Crippen LogP) is -2.84. The van der Waals surface area contributed by atoms with Crippen LogP contribution < -0.4 is 28.6 Å². The minimum Gasteiger partial charge on any atom is -0.329 e. The standard InChI is InChI=1S/2C2H8N2.H3NO2.Zn/c2*3-1-2-4;2-1-3;/h2*1-4H2;1-3H;. The van der Waals surface area contributed by atoms with Gasteiger partial charge in [0.05, 0.1) is 0 Å². The zero-order valence-electron chi connectivity index (χ0n) is 7.24. The largest absolute Gasteiger partial charge is 0.329 e. The van der Waals surface area contributed by atoms with E-state index in [2.05, 4.69) is 0 Å². The van der Waals surface area contributed by atoms with Gasteiger partial charge in [0.15, 0.2) is 0 Å². The molecule has 0 aliphatic heterocycles. The maximum absolute atomic E-state index is 6.88. The Morgan fingerprint density at radius 3 is 0.833 bits per heavy atom. The minimum atomic E-state index is 0. The zero-order valence-corrected chi connectivity index (χ0v) is 10.2. The van der Waals surface area contributed by atoms with Gasteiger partial charge in [-0.15, -0.1) is 0 Å². The van der Waals surface area contributed by atoms with Gasteiger partial charge < -0.3 is 22.9 Å². The molecule has 0 atom stereocenters. The van der Waals surface area contributed by atoms with Crippen molar-refractivity contribution in [1.82, 2.24) is 5.64 Å². The van der Waals surface area contributed by atoms with E-state index in [0.717, 1.165) is 5.64 Å². The van der Waals surface area contributed by atoms with Gasteiger partial charge in [0.1, 0.15) is 0 Å². The van der Waals surface area contributed by atoms with E-state index >= 15 is 0 Å². The van der Waals surface area contributed by atoms with Crippen LogP contribution in [0.3, 0.4) is 0 Å². The topological polar surface area (TPSA) is 157 Å². The minimum absolute atomic E-state index is 0. The monoisotopic (exact) mass is 233 g/mol. The van der Waals surface area contributed by atoms with Crippen molar-refractivity contribution in [3.8, 4) is 0 Å². The number of nitrogens with one attached hydrogen (secondary N) is 1. The van der Waals surface area contributed by atoms with Crippen LogP contribution in [0.4, 0.5) is 0 Å². The molecule has 0 saturated heterocycles. The van der Waals surface area contributed by atoms with E-state index < -0.39 is 0 Å². The smallest absolute Gasteiger partial charge is 0.00461 e. The van der Waals surface area contributed by atoms with Crippen molar-refractivity contribution in [1.29, 1.82) is 0 Å². The Bertz CT molecular complexity index is 36.6. The van der Waals surface area contributed by atoms with Gasteiger partial charge in [0.2, 0.25) is 0 Å². The average molecular weight is 235 g/mol. The fourth-order valence-electron chi connectivity index (χ4n) is 0. The maximum Gasteiger partial charge on any atom is 0.00461 e. The third-order valence-electron chi connectivity index (χ3n) is 0.333. The van der Waals surface area contributed by atoms with Crippen LogP contribution in [-0.2, 0) is 19.5 Å². The van der Waals surface area contributed by atoms with E-state index in [1.54, 1.807) is 0 Å². The molecule has 0 unspecified atom stereocenters.